The molecule has 0 aromatic heterocycles. The van der Waals surface area contributed by atoms with Crippen LogP contribution in [0.4, 0.5) is 4.39 Å². The van der Waals surface area contributed by atoms with E-state index in [2.05, 4.69) is 5.32 Å². The van der Waals surface area contributed by atoms with Crippen molar-refractivity contribution in [2.45, 2.75) is 31.8 Å². The average Bonchev–Trinajstić information content (AvgIpc) is 2.61. The van der Waals surface area contributed by atoms with Gasteiger partial charge in [-0.05, 0) is 28.8 Å². The van der Waals surface area contributed by atoms with Gasteiger partial charge in [0, 0.05) is 26.3 Å². The minimum absolute atomic E-state index is 0.0766. The maximum atomic E-state index is 13.4. The maximum absolute atomic E-state index is 13.4. The van der Waals surface area contributed by atoms with E-state index < -0.39 is 0 Å². The molecular formula is C21H23FN2O3. The van der Waals surface area contributed by atoms with Gasteiger partial charge in [0.1, 0.15) is 5.82 Å². The van der Waals surface area contributed by atoms with Gasteiger partial charge in [-0.25, -0.2) is 4.39 Å². The van der Waals surface area contributed by atoms with E-state index >= 15 is 0 Å². The molecule has 2 aromatic rings. The van der Waals surface area contributed by atoms with Gasteiger partial charge >= 0.3 is 0 Å². The Labute approximate surface area is 157 Å². The van der Waals surface area contributed by atoms with Gasteiger partial charge in [-0.1, -0.05) is 36.4 Å². The van der Waals surface area contributed by atoms with Crippen LogP contribution in [0.15, 0.2) is 48.5 Å². The highest BCUT2D eigenvalue weighted by Crippen LogP contribution is 2.41. The van der Waals surface area contributed by atoms with E-state index in [1.165, 1.54) is 26.0 Å². The fourth-order valence-electron chi connectivity index (χ4n) is 3.90. The van der Waals surface area contributed by atoms with Crippen molar-refractivity contribution in [1.29, 1.82) is 0 Å². The summed E-state index contributed by atoms with van der Waals surface area (Å²) in [5.41, 5.74) is 2.65. The first kappa shape index (κ1) is 19.0. The minimum Gasteiger partial charge on any atom is -0.394 e. The largest absolute Gasteiger partial charge is 0.394 e. The van der Waals surface area contributed by atoms with Gasteiger partial charge < -0.3 is 15.3 Å². The van der Waals surface area contributed by atoms with Crippen molar-refractivity contribution in [2.75, 3.05) is 13.2 Å². The molecule has 3 rings (SSSR count). The molecule has 0 bridgehead atoms. The predicted molar refractivity (Wildman–Crippen MR) is 100 cm³/mol. The molecule has 1 aliphatic rings. The second-order valence-electron chi connectivity index (χ2n) is 6.84. The Morgan fingerprint density at radius 1 is 1.07 bits per heavy atom. The molecule has 27 heavy (non-hydrogen) atoms. The fourth-order valence-corrected chi connectivity index (χ4v) is 3.90. The minimum atomic E-state index is -0.318. The van der Waals surface area contributed by atoms with Gasteiger partial charge in [0.25, 0.3) is 0 Å². The van der Waals surface area contributed by atoms with Crippen LogP contribution in [0.5, 0.6) is 0 Å². The average molecular weight is 370 g/mol. The molecule has 5 nitrogen and oxygen atoms in total. The lowest BCUT2D eigenvalue weighted by Gasteiger charge is -2.54. The highest BCUT2D eigenvalue weighted by atomic mass is 19.1. The first-order chi connectivity index (χ1) is 12.9. The Kier molecular flexibility index (Phi) is 5.56. The van der Waals surface area contributed by atoms with Gasteiger partial charge in [0.05, 0.1) is 18.7 Å². The molecule has 0 saturated carbocycles. The van der Waals surface area contributed by atoms with Gasteiger partial charge in [-0.15, -0.1) is 0 Å². The van der Waals surface area contributed by atoms with Crippen molar-refractivity contribution in [3.8, 4) is 11.1 Å². The molecule has 2 aromatic carbocycles. The lowest BCUT2D eigenvalue weighted by atomic mass is 9.74. The Morgan fingerprint density at radius 3 is 2.33 bits per heavy atom. The summed E-state index contributed by atoms with van der Waals surface area (Å²) in [4.78, 5) is 24.9. The quantitative estimate of drug-likeness (QED) is 0.849. The number of amides is 2. The lowest BCUT2D eigenvalue weighted by Crippen LogP contribution is -2.68. The summed E-state index contributed by atoms with van der Waals surface area (Å²) in [6.45, 7) is 3.09. The molecule has 2 amide bonds. The molecule has 1 fully saturated rings. The predicted octanol–water partition coefficient (Wildman–Crippen LogP) is 2.30. The van der Waals surface area contributed by atoms with Crippen molar-refractivity contribution < 1.29 is 19.1 Å². The molecule has 0 radical (unpaired) electrons. The van der Waals surface area contributed by atoms with E-state index in [0.29, 0.717) is 6.54 Å². The number of nitrogens with zero attached hydrogens (tertiary/aromatic N) is 1. The zero-order valence-electron chi connectivity index (χ0n) is 15.4. The summed E-state index contributed by atoms with van der Waals surface area (Å²) in [6.07, 6.45) is 0. The van der Waals surface area contributed by atoms with Gasteiger partial charge in [0.2, 0.25) is 11.8 Å². The molecule has 0 aliphatic carbocycles. The Hall–Kier alpha value is -2.73. The Bertz CT molecular complexity index is 838. The summed E-state index contributed by atoms with van der Waals surface area (Å²) in [5.74, 6) is -0.654. The number of benzene rings is 2. The van der Waals surface area contributed by atoms with Crippen molar-refractivity contribution >= 4 is 11.8 Å². The summed E-state index contributed by atoms with van der Waals surface area (Å²) in [5, 5.41) is 12.5. The number of likely N-dealkylation sites (tertiary alicyclic amines) is 1. The van der Waals surface area contributed by atoms with Crippen LogP contribution in [0.1, 0.15) is 25.3 Å². The third-order valence-corrected chi connectivity index (χ3v) is 5.11. The maximum Gasteiger partial charge on any atom is 0.220 e. The molecule has 0 unspecified atom stereocenters. The third kappa shape index (κ3) is 3.85. The number of hydrogen-bond donors (Lipinski definition) is 2. The molecule has 2 N–H and O–H groups in total. The van der Waals surface area contributed by atoms with E-state index in [-0.39, 0.29) is 42.2 Å². The van der Waals surface area contributed by atoms with E-state index in [1.807, 2.05) is 30.3 Å². The van der Waals surface area contributed by atoms with E-state index in [9.17, 15) is 19.1 Å². The van der Waals surface area contributed by atoms with Crippen molar-refractivity contribution in [3.05, 3.63) is 59.9 Å². The fraction of sp³-hybridized carbons (Fsp3) is 0.333. The molecule has 0 spiro atoms. The highest BCUT2D eigenvalue weighted by molar-refractivity contribution is 5.77. The molecule has 142 valence electrons. The van der Waals surface area contributed by atoms with Crippen LogP contribution in [-0.2, 0) is 9.59 Å². The van der Waals surface area contributed by atoms with Crippen molar-refractivity contribution in [3.63, 3.8) is 0 Å². The number of aliphatic hydroxyl groups is 1. The Morgan fingerprint density at radius 2 is 1.78 bits per heavy atom. The van der Waals surface area contributed by atoms with Crippen LogP contribution in [0, 0.1) is 5.82 Å². The van der Waals surface area contributed by atoms with Crippen LogP contribution in [0.25, 0.3) is 11.1 Å². The standard InChI is InChI=1S/C21H23FN2O3/c1-13(26)23-11-19-21(20(12-25)24(19)14(2)27)16-8-6-15(7-9-16)17-4-3-5-18(22)10-17/h3-10,19-21,25H,11-12H2,1-2H3,(H,23,26)/t19-,20-,21-/m1/s1. The SMILES string of the molecule is CC(=O)NC[C@@H]1[C@@H](c2ccc(-c3cccc(F)c3)cc2)[C@@H](CO)N1C(C)=O. The zero-order valence-corrected chi connectivity index (χ0v) is 15.4. The second-order valence-corrected chi connectivity index (χ2v) is 6.84. The number of nitrogens with one attached hydrogen (secondary N) is 1. The van der Waals surface area contributed by atoms with E-state index in [4.69, 9.17) is 0 Å². The van der Waals surface area contributed by atoms with Crippen LogP contribution >= 0.6 is 0 Å². The summed E-state index contributed by atoms with van der Waals surface area (Å²) >= 11 is 0. The molecule has 1 heterocycles. The van der Waals surface area contributed by atoms with Crippen LogP contribution in [0.3, 0.4) is 0 Å². The second kappa shape index (κ2) is 7.88. The molecular weight excluding hydrogens is 347 g/mol. The zero-order chi connectivity index (χ0) is 19.6. The molecule has 1 saturated heterocycles. The van der Waals surface area contributed by atoms with E-state index in [0.717, 1.165) is 16.7 Å². The van der Waals surface area contributed by atoms with Crippen molar-refractivity contribution in [1.82, 2.24) is 10.2 Å². The van der Waals surface area contributed by atoms with Crippen molar-refractivity contribution in [2.24, 2.45) is 0 Å². The van der Waals surface area contributed by atoms with Crippen LogP contribution in [0.2, 0.25) is 0 Å². The molecule has 6 heteroatoms. The normalized spacial score (nSPS) is 21.5. The summed E-state index contributed by atoms with van der Waals surface area (Å²) in [6, 6.07) is 13.6. The number of carbonyl (C=O) groups excluding carboxylic acids is 2. The number of hydrogen-bond acceptors (Lipinski definition) is 3. The monoisotopic (exact) mass is 370 g/mol. The first-order valence-electron chi connectivity index (χ1n) is 8.92. The Balaban J connectivity index is 1.85. The smallest absolute Gasteiger partial charge is 0.220 e. The first-order valence-corrected chi connectivity index (χ1v) is 8.92. The number of rotatable bonds is 5. The summed E-state index contributed by atoms with van der Waals surface area (Å²) in [7, 11) is 0. The third-order valence-electron chi connectivity index (χ3n) is 5.11. The van der Waals surface area contributed by atoms with Gasteiger partial charge in [0.15, 0.2) is 0 Å². The summed E-state index contributed by atoms with van der Waals surface area (Å²) < 4.78 is 13.4. The van der Waals surface area contributed by atoms with Crippen LogP contribution < -0.4 is 5.32 Å². The molecule has 3 atom stereocenters. The number of halogens is 1. The number of carbonyl (C=O) groups is 2. The topological polar surface area (TPSA) is 69.6 Å². The number of aliphatic hydroxyl groups excluding tert-OH is 1. The highest BCUT2D eigenvalue weighted by Gasteiger charge is 2.49. The van der Waals surface area contributed by atoms with E-state index in [1.54, 1.807) is 11.0 Å². The van der Waals surface area contributed by atoms with Gasteiger partial charge in [-0.3, -0.25) is 9.59 Å². The molecule has 1 aliphatic heterocycles. The lowest BCUT2D eigenvalue weighted by molar-refractivity contribution is -0.148. The van der Waals surface area contributed by atoms with Gasteiger partial charge in [-0.2, -0.15) is 0 Å². The van der Waals surface area contributed by atoms with Crippen LogP contribution in [-0.4, -0.2) is 47.1 Å².